The number of aromatic hydroxyl groups is 1. The number of phenolic OH excluding ortho intramolecular Hbond substituents is 1. The largest absolute Gasteiger partial charge is 0.507 e. The molecule has 0 radical (unpaired) electrons. The van der Waals surface area contributed by atoms with Crippen molar-refractivity contribution in [1.82, 2.24) is 10.2 Å². The maximum absolute atomic E-state index is 10.4. The quantitative estimate of drug-likeness (QED) is 0.783. The maximum atomic E-state index is 10.4. The minimum atomic E-state index is 0.0962. The van der Waals surface area contributed by atoms with Crippen molar-refractivity contribution < 1.29 is 5.11 Å². The molecule has 1 heterocycles. The first-order valence-corrected chi connectivity index (χ1v) is 9.47. The van der Waals surface area contributed by atoms with Crippen LogP contribution in [0.4, 0.5) is 0 Å². The zero-order valence-corrected chi connectivity index (χ0v) is 15.7. The first-order valence-electron chi connectivity index (χ1n) is 8.66. The van der Waals surface area contributed by atoms with Crippen LogP contribution in [0, 0.1) is 6.92 Å². The Morgan fingerprint density at radius 3 is 2.38 bits per heavy atom. The number of nitrogens with one attached hydrogen (secondary N) is 1. The van der Waals surface area contributed by atoms with Gasteiger partial charge in [-0.2, -0.15) is 0 Å². The lowest BCUT2D eigenvalue weighted by Gasteiger charge is -2.35. The number of rotatable bonds is 5. The zero-order chi connectivity index (χ0) is 17.3. The molecular formula is C20H26N2OS. The van der Waals surface area contributed by atoms with Crippen molar-refractivity contribution in [3.05, 3.63) is 53.1 Å². The SMILES string of the molecule is CCN(CC)C(C)NC1c2cccc(C)c2Sc2c(O)cccc21. The molecule has 3 rings (SSSR count). The molecule has 0 saturated heterocycles. The Morgan fingerprint density at radius 1 is 1.08 bits per heavy atom. The number of benzene rings is 2. The first-order chi connectivity index (χ1) is 11.6. The standard InChI is InChI=1S/C20H26N2OS/c1-5-22(6-2)14(4)21-18-15-10-7-9-13(3)19(15)24-20-16(18)11-8-12-17(20)23/h7-12,14,18,21,23H,5-6H2,1-4H3. The van der Waals surface area contributed by atoms with Gasteiger partial charge in [0.05, 0.1) is 17.1 Å². The van der Waals surface area contributed by atoms with E-state index in [0.717, 1.165) is 23.5 Å². The van der Waals surface area contributed by atoms with E-state index in [2.05, 4.69) is 62.2 Å². The molecule has 3 nitrogen and oxygen atoms in total. The van der Waals surface area contributed by atoms with Crippen molar-refractivity contribution in [2.75, 3.05) is 13.1 Å². The molecule has 0 fully saturated rings. The lowest BCUT2D eigenvalue weighted by Crippen LogP contribution is -2.45. The number of phenols is 1. The van der Waals surface area contributed by atoms with Crippen molar-refractivity contribution >= 4 is 11.8 Å². The highest BCUT2D eigenvalue weighted by Crippen LogP contribution is 2.49. The van der Waals surface area contributed by atoms with Crippen LogP contribution in [0.2, 0.25) is 0 Å². The molecule has 0 amide bonds. The van der Waals surface area contributed by atoms with Gasteiger partial charge in [0.1, 0.15) is 5.75 Å². The Hall–Kier alpha value is -1.49. The van der Waals surface area contributed by atoms with Gasteiger partial charge in [-0.25, -0.2) is 0 Å². The number of fused-ring (bicyclic) bond motifs is 2. The van der Waals surface area contributed by atoms with E-state index in [0.29, 0.717) is 5.75 Å². The fourth-order valence-electron chi connectivity index (χ4n) is 3.49. The van der Waals surface area contributed by atoms with Gasteiger partial charge in [-0.05, 0) is 49.7 Å². The van der Waals surface area contributed by atoms with E-state index >= 15 is 0 Å². The minimum absolute atomic E-state index is 0.0962. The van der Waals surface area contributed by atoms with Gasteiger partial charge in [-0.1, -0.05) is 55.9 Å². The summed E-state index contributed by atoms with van der Waals surface area (Å²) in [6.45, 7) is 10.8. The number of hydrogen-bond donors (Lipinski definition) is 2. The van der Waals surface area contributed by atoms with Crippen molar-refractivity contribution in [1.29, 1.82) is 0 Å². The van der Waals surface area contributed by atoms with Crippen LogP contribution in [0.15, 0.2) is 46.2 Å². The second kappa shape index (κ2) is 7.18. The van der Waals surface area contributed by atoms with Gasteiger partial charge in [0.2, 0.25) is 0 Å². The van der Waals surface area contributed by atoms with Gasteiger partial charge in [-0.3, -0.25) is 10.2 Å². The second-order valence-corrected chi connectivity index (χ2v) is 7.31. The Balaban J connectivity index is 2.05. The van der Waals surface area contributed by atoms with Crippen molar-refractivity contribution in [2.24, 2.45) is 0 Å². The van der Waals surface area contributed by atoms with Crippen LogP contribution in [0.5, 0.6) is 5.75 Å². The van der Waals surface area contributed by atoms with Gasteiger partial charge in [0.15, 0.2) is 0 Å². The summed E-state index contributed by atoms with van der Waals surface area (Å²) in [5.41, 5.74) is 3.72. The molecule has 24 heavy (non-hydrogen) atoms. The summed E-state index contributed by atoms with van der Waals surface area (Å²) in [7, 11) is 0. The summed E-state index contributed by atoms with van der Waals surface area (Å²) in [6, 6.07) is 12.4. The molecular weight excluding hydrogens is 316 g/mol. The predicted molar refractivity (Wildman–Crippen MR) is 101 cm³/mol. The van der Waals surface area contributed by atoms with E-state index in [1.807, 2.05) is 6.07 Å². The highest BCUT2D eigenvalue weighted by atomic mass is 32.2. The average Bonchev–Trinajstić information content (AvgIpc) is 2.57. The molecule has 0 aliphatic carbocycles. The lowest BCUT2D eigenvalue weighted by molar-refractivity contribution is 0.186. The van der Waals surface area contributed by atoms with Crippen LogP contribution in [0.3, 0.4) is 0 Å². The number of hydrogen-bond acceptors (Lipinski definition) is 4. The second-order valence-electron chi connectivity index (χ2n) is 6.29. The van der Waals surface area contributed by atoms with Gasteiger partial charge in [-0.15, -0.1) is 0 Å². The van der Waals surface area contributed by atoms with Gasteiger partial charge < -0.3 is 5.11 Å². The van der Waals surface area contributed by atoms with E-state index in [-0.39, 0.29) is 12.2 Å². The molecule has 1 aliphatic heterocycles. The normalized spacial score (nSPS) is 17.5. The third kappa shape index (κ3) is 3.06. The van der Waals surface area contributed by atoms with Crippen molar-refractivity contribution in [3.8, 4) is 5.75 Å². The molecule has 2 aromatic rings. The third-order valence-corrected chi connectivity index (χ3v) is 6.27. The van der Waals surface area contributed by atoms with Crippen molar-refractivity contribution in [2.45, 2.75) is 49.7 Å². The molecule has 0 aromatic heterocycles. The van der Waals surface area contributed by atoms with Gasteiger partial charge >= 0.3 is 0 Å². The third-order valence-electron chi connectivity index (χ3n) is 4.86. The van der Waals surface area contributed by atoms with Gasteiger partial charge in [0.25, 0.3) is 0 Å². The predicted octanol–water partition coefficient (Wildman–Crippen LogP) is 4.53. The zero-order valence-electron chi connectivity index (χ0n) is 14.8. The van der Waals surface area contributed by atoms with Crippen LogP contribution >= 0.6 is 11.8 Å². The molecule has 4 heteroatoms. The smallest absolute Gasteiger partial charge is 0.129 e. The average molecular weight is 343 g/mol. The maximum Gasteiger partial charge on any atom is 0.129 e. The number of aryl methyl sites for hydroxylation is 1. The topological polar surface area (TPSA) is 35.5 Å². The summed E-state index contributed by atoms with van der Waals surface area (Å²) in [5, 5.41) is 14.2. The van der Waals surface area contributed by atoms with E-state index in [4.69, 9.17) is 0 Å². The van der Waals surface area contributed by atoms with E-state index in [1.165, 1.54) is 16.0 Å². The van der Waals surface area contributed by atoms with Crippen LogP contribution in [0.1, 0.15) is 43.5 Å². The number of nitrogens with zero attached hydrogens (tertiary/aromatic N) is 1. The monoisotopic (exact) mass is 342 g/mol. The Labute approximate surface area is 149 Å². The highest BCUT2D eigenvalue weighted by molar-refractivity contribution is 7.99. The molecule has 2 atom stereocenters. The molecule has 2 unspecified atom stereocenters. The summed E-state index contributed by atoms with van der Waals surface area (Å²) in [5.74, 6) is 0.369. The molecule has 0 bridgehead atoms. The minimum Gasteiger partial charge on any atom is -0.507 e. The fraction of sp³-hybridized carbons (Fsp3) is 0.400. The Morgan fingerprint density at radius 2 is 1.71 bits per heavy atom. The van der Waals surface area contributed by atoms with Crippen molar-refractivity contribution in [3.63, 3.8) is 0 Å². The van der Waals surface area contributed by atoms with E-state index < -0.39 is 0 Å². The summed E-state index contributed by atoms with van der Waals surface area (Å²) in [6.07, 6.45) is 0.261. The first kappa shape index (κ1) is 17.3. The molecule has 1 aliphatic rings. The van der Waals surface area contributed by atoms with Crippen LogP contribution < -0.4 is 5.32 Å². The Bertz CT molecular complexity index is 676. The fourth-order valence-corrected chi connectivity index (χ4v) is 4.70. The van der Waals surface area contributed by atoms with E-state index in [9.17, 15) is 5.11 Å². The Kier molecular flexibility index (Phi) is 5.18. The molecule has 2 N–H and O–H groups in total. The summed E-state index contributed by atoms with van der Waals surface area (Å²) < 4.78 is 0. The molecule has 2 aromatic carbocycles. The molecule has 0 saturated carbocycles. The van der Waals surface area contributed by atoms with Crippen LogP contribution in [0.25, 0.3) is 0 Å². The summed E-state index contributed by atoms with van der Waals surface area (Å²) in [4.78, 5) is 4.64. The van der Waals surface area contributed by atoms with Crippen LogP contribution in [-0.4, -0.2) is 29.3 Å². The lowest BCUT2D eigenvalue weighted by atomic mass is 9.95. The van der Waals surface area contributed by atoms with E-state index in [1.54, 1.807) is 17.8 Å². The highest BCUT2D eigenvalue weighted by Gasteiger charge is 2.30. The molecule has 0 spiro atoms. The van der Waals surface area contributed by atoms with Gasteiger partial charge in [0, 0.05) is 4.90 Å². The molecule has 128 valence electrons. The van der Waals surface area contributed by atoms with Crippen LogP contribution in [-0.2, 0) is 0 Å². The summed E-state index contributed by atoms with van der Waals surface area (Å²) >= 11 is 1.68.